The molecule has 1 aliphatic rings. The van der Waals surface area contributed by atoms with Crippen molar-refractivity contribution in [3.63, 3.8) is 0 Å². The molecule has 0 bridgehead atoms. The number of nitro groups is 1. The van der Waals surface area contributed by atoms with Gasteiger partial charge in [0.1, 0.15) is 29.7 Å². The maximum absolute atomic E-state index is 14.2. The molecule has 0 radical (unpaired) electrons. The highest BCUT2D eigenvalue weighted by molar-refractivity contribution is 5.70. The van der Waals surface area contributed by atoms with Gasteiger partial charge in [-0.25, -0.2) is 13.9 Å². The topological polar surface area (TPSA) is 112 Å². The van der Waals surface area contributed by atoms with E-state index in [4.69, 9.17) is 9.47 Å². The van der Waals surface area contributed by atoms with E-state index in [1.54, 1.807) is 32.2 Å². The molecule has 1 unspecified atom stereocenters. The number of aromatic nitrogens is 3. The zero-order chi connectivity index (χ0) is 23.5. The number of halogens is 1. The second-order valence-electron chi connectivity index (χ2n) is 7.81. The van der Waals surface area contributed by atoms with Crippen LogP contribution >= 0.6 is 0 Å². The van der Waals surface area contributed by atoms with Crippen molar-refractivity contribution >= 4 is 23.1 Å². The maximum Gasteiger partial charge on any atom is 0.333 e. The molecule has 1 fully saturated rings. The predicted molar refractivity (Wildman–Crippen MR) is 117 cm³/mol. The lowest BCUT2D eigenvalue weighted by Crippen LogP contribution is -2.25. The van der Waals surface area contributed by atoms with Crippen LogP contribution in [-0.4, -0.2) is 44.7 Å². The van der Waals surface area contributed by atoms with E-state index in [0.717, 1.165) is 19.0 Å². The van der Waals surface area contributed by atoms with Crippen molar-refractivity contribution in [1.82, 2.24) is 14.6 Å². The summed E-state index contributed by atoms with van der Waals surface area (Å²) in [5.74, 6) is 0.234. The second kappa shape index (κ2) is 9.39. The Labute approximate surface area is 189 Å². The Morgan fingerprint density at radius 1 is 1.39 bits per heavy atom. The predicted octanol–water partition coefficient (Wildman–Crippen LogP) is 3.84. The van der Waals surface area contributed by atoms with Crippen LogP contribution in [-0.2, 0) is 9.53 Å². The van der Waals surface area contributed by atoms with Crippen LogP contribution in [0.2, 0.25) is 0 Å². The first-order chi connectivity index (χ1) is 15.9. The maximum atomic E-state index is 14.2. The Hall–Kier alpha value is -3.76. The molecule has 11 heteroatoms. The van der Waals surface area contributed by atoms with Gasteiger partial charge in [0.05, 0.1) is 24.0 Å². The second-order valence-corrected chi connectivity index (χ2v) is 7.81. The zero-order valence-corrected chi connectivity index (χ0v) is 18.3. The van der Waals surface area contributed by atoms with Gasteiger partial charge in [0.25, 0.3) is 0 Å². The summed E-state index contributed by atoms with van der Waals surface area (Å²) in [5.41, 5.74) is 0.588. The standard InChI is InChI=1S/C22H24FN5O5/c1-3-32-21(29)11-14(2)33-19-7-6-15(23)12-16(19)17-5-4-9-26(17)20-8-10-27-22(25-20)18(13-24-27)28(30)31/h6-8,10,12-14,17H,3-5,9,11H2,1-2H3/t14-,17?/m0/s1. The molecule has 0 amide bonds. The van der Waals surface area contributed by atoms with E-state index in [9.17, 15) is 19.3 Å². The number of carbonyl (C=O) groups is 1. The van der Waals surface area contributed by atoms with E-state index < -0.39 is 16.8 Å². The van der Waals surface area contributed by atoms with E-state index in [1.807, 2.05) is 4.90 Å². The van der Waals surface area contributed by atoms with Gasteiger partial charge >= 0.3 is 11.7 Å². The highest BCUT2D eigenvalue weighted by atomic mass is 19.1. The number of anilines is 1. The number of hydrogen-bond acceptors (Lipinski definition) is 8. The third-order valence-electron chi connectivity index (χ3n) is 5.50. The van der Waals surface area contributed by atoms with Crippen LogP contribution < -0.4 is 9.64 Å². The zero-order valence-electron chi connectivity index (χ0n) is 18.3. The summed E-state index contributed by atoms with van der Waals surface area (Å²) < 4.78 is 26.6. The van der Waals surface area contributed by atoms with Crippen molar-refractivity contribution in [2.24, 2.45) is 0 Å². The van der Waals surface area contributed by atoms with E-state index in [0.29, 0.717) is 23.7 Å². The molecule has 4 rings (SSSR count). The number of ether oxygens (including phenoxy) is 2. The molecule has 174 valence electrons. The molecule has 0 saturated carbocycles. The SMILES string of the molecule is CCOC(=O)C[C@H](C)Oc1ccc(F)cc1C1CCCN1c1ccn2ncc([N+](=O)[O-])c2n1. The molecular formula is C22H24FN5O5. The van der Waals surface area contributed by atoms with Gasteiger partial charge in [-0.2, -0.15) is 5.10 Å². The van der Waals surface area contributed by atoms with Gasteiger partial charge in [-0.15, -0.1) is 0 Å². The fourth-order valence-electron chi connectivity index (χ4n) is 4.10. The normalized spacial score (nSPS) is 16.7. The average molecular weight is 457 g/mol. The van der Waals surface area contributed by atoms with Crippen LogP contribution in [0.1, 0.15) is 44.7 Å². The van der Waals surface area contributed by atoms with Crippen molar-refractivity contribution in [2.75, 3.05) is 18.1 Å². The number of fused-ring (bicyclic) bond motifs is 1. The first kappa shape index (κ1) is 22.4. The molecule has 0 N–H and O–H groups in total. The summed E-state index contributed by atoms with van der Waals surface area (Å²) in [4.78, 5) is 29.0. The van der Waals surface area contributed by atoms with Crippen molar-refractivity contribution in [3.05, 3.63) is 58.2 Å². The molecule has 2 aromatic heterocycles. The summed E-state index contributed by atoms with van der Waals surface area (Å²) in [7, 11) is 0. The Morgan fingerprint density at radius 3 is 2.97 bits per heavy atom. The van der Waals surface area contributed by atoms with Crippen molar-refractivity contribution in [1.29, 1.82) is 0 Å². The quantitative estimate of drug-likeness (QED) is 0.285. The van der Waals surface area contributed by atoms with E-state index in [-0.39, 0.29) is 36.4 Å². The molecule has 0 spiro atoms. The highest BCUT2D eigenvalue weighted by Gasteiger charge is 2.31. The smallest absolute Gasteiger partial charge is 0.333 e. The lowest BCUT2D eigenvalue weighted by molar-refractivity contribution is -0.383. The van der Waals surface area contributed by atoms with Gasteiger partial charge in [0.15, 0.2) is 0 Å². The fraction of sp³-hybridized carbons (Fsp3) is 0.409. The van der Waals surface area contributed by atoms with E-state index in [2.05, 4.69) is 10.1 Å². The Morgan fingerprint density at radius 2 is 2.21 bits per heavy atom. The van der Waals surface area contributed by atoms with Crippen LogP contribution in [0, 0.1) is 15.9 Å². The van der Waals surface area contributed by atoms with E-state index >= 15 is 0 Å². The Balaban J connectivity index is 1.64. The molecule has 1 saturated heterocycles. The number of hydrogen-bond donors (Lipinski definition) is 0. The minimum atomic E-state index is -0.524. The summed E-state index contributed by atoms with van der Waals surface area (Å²) in [6, 6.07) is 5.78. The molecule has 1 aromatic carbocycles. The van der Waals surface area contributed by atoms with Gasteiger partial charge in [-0.3, -0.25) is 14.9 Å². The first-order valence-electron chi connectivity index (χ1n) is 10.7. The summed E-state index contributed by atoms with van der Waals surface area (Å²) in [6.45, 7) is 4.42. The minimum Gasteiger partial charge on any atom is -0.490 e. The number of nitrogens with zero attached hydrogens (tertiary/aromatic N) is 5. The number of carbonyl (C=O) groups excluding carboxylic acids is 1. The summed E-state index contributed by atoms with van der Waals surface area (Å²) in [5, 5.41) is 15.3. The van der Waals surface area contributed by atoms with Crippen LogP contribution in [0.5, 0.6) is 5.75 Å². The third kappa shape index (κ3) is 4.71. The average Bonchev–Trinajstić information content (AvgIpc) is 3.41. The van der Waals surface area contributed by atoms with Gasteiger partial charge in [-0.1, -0.05) is 0 Å². The Bertz CT molecular complexity index is 1180. The molecule has 3 heterocycles. The molecule has 1 aliphatic heterocycles. The van der Waals surface area contributed by atoms with Gasteiger partial charge in [-0.05, 0) is 51.0 Å². The molecule has 10 nitrogen and oxygen atoms in total. The summed E-state index contributed by atoms with van der Waals surface area (Å²) in [6.07, 6.45) is 3.93. The molecule has 0 aliphatic carbocycles. The number of esters is 1. The molecule has 33 heavy (non-hydrogen) atoms. The monoisotopic (exact) mass is 457 g/mol. The molecular weight excluding hydrogens is 433 g/mol. The lowest BCUT2D eigenvalue weighted by atomic mass is 10.0. The highest BCUT2D eigenvalue weighted by Crippen LogP contribution is 2.40. The van der Waals surface area contributed by atoms with Crippen LogP contribution in [0.4, 0.5) is 15.9 Å². The van der Waals surface area contributed by atoms with Crippen molar-refractivity contribution in [3.8, 4) is 5.75 Å². The first-order valence-corrected chi connectivity index (χ1v) is 10.7. The molecule has 3 aromatic rings. The van der Waals surface area contributed by atoms with Crippen LogP contribution in [0.15, 0.2) is 36.7 Å². The van der Waals surface area contributed by atoms with Gasteiger partial charge in [0.2, 0.25) is 5.65 Å². The largest absolute Gasteiger partial charge is 0.490 e. The van der Waals surface area contributed by atoms with Crippen molar-refractivity contribution < 1.29 is 23.6 Å². The number of rotatable bonds is 8. The van der Waals surface area contributed by atoms with Crippen LogP contribution in [0.3, 0.4) is 0 Å². The fourth-order valence-corrected chi connectivity index (χ4v) is 4.10. The number of benzene rings is 1. The summed E-state index contributed by atoms with van der Waals surface area (Å²) >= 11 is 0. The Kier molecular flexibility index (Phi) is 6.38. The van der Waals surface area contributed by atoms with Gasteiger partial charge < -0.3 is 14.4 Å². The van der Waals surface area contributed by atoms with Gasteiger partial charge in [0, 0.05) is 18.3 Å². The van der Waals surface area contributed by atoms with E-state index in [1.165, 1.54) is 16.6 Å². The third-order valence-corrected chi connectivity index (χ3v) is 5.50. The lowest BCUT2D eigenvalue weighted by Gasteiger charge is -2.28. The molecule has 2 atom stereocenters. The minimum absolute atomic E-state index is 0.0716. The van der Waals surface area contributed by atoms with Crippen LogP contribution in [0.25, 0.3) is 5.65 Å². The van der Waals surface area contributed by atoms with Crippen molar-refractivity contribution in [2.45, 2.75) is 45.3 Å².